The molecule has 1 atom stereocenters. The van der Waals surface area contributed by atoms with Crippen molar-refractivity contribution in [2.75, 3.05) is 6.54 Å². The monoisotopic (exact) mass is 451 g/mol. The molecule has 1 aromatic carbocycles. The number of pyridine rings is 1. The number of halogens is 1. The van der Waals surface area contributed by atoms with E-state index in [1.54, 1.807) is 6.92 Å². The van der Waals surface area contributed by atoms with Gasteiger partial charge < -0.3 is 14.1 Å². The van der Waals surface area contributed by atoms with Crippen LogP contribution in [0, 0.1) is 27.3 Å². The third-order valence-electron chi connectivity index (χ3n) is 5.66. The van der Waals surface area contributed by atoms with Gasteiger partial charge in [0.05, 0.1) is 12.1 Å². The first-order valence-corrected chi connectivity index (χ1v) is 11.1. The molecule has 0 radical (unpaired) electrons. The van der Waals surface area contributed by atoms with Gasteiger partial charge in [-0.2, -0.15) is 0 Å². The Morgan fingerprint density at radius 1 is 1.22 bits per heavy atom. The largest absolute Gasteiger partial charge is 0.360 e. The number of ketones is 1. The highest BCUT2D eigenvalue weighted by molar-refractivity contribution is 6.30. The van der Waals surface area contributed by atoms with Gasteiger partial charge in [0.2, 0.25) is 6.54 Å². The summed E-state index contributed by atoms with van der Waals surface area (Å²) in [5.74, 6) is -0.0683. The van der Waals surface area contributed by atoms with Gasteiger partial charge in [-0.15, -0.1) is 0 Å². The molecule has 2 aromatic heterocycles. The Hall–Kier alpha value is -2.68. The number of aryl methyl sites for hydroxylation is 2. The van der Waals surface area contributed by atoms with Crippen molar-refractivity contribution in [3.63, 3.8) is 0 Å². The van der Waals surface area contributed by atoms with Crippen LogP contribution in [0.1, 0.15) is 56.3 Å². The molecule has 2 heterocycles. The quantitative estimate of drug-likeness (QED) is 0.394. The third-order valence-corrected chi connectivity index (χ3v) is 5.91. The van der Waals surface area contributed by atoms with Crippen molar-refractivity contribution in [1.82, 2.24) is 9.55 Å². The lowest BCUT2D eigenvalue weighted by atomic mass is 9.90. The molecule has 0 saturated heterocycles. The molecule has 0 saturated carbocycles. The van der Waals surface area contributed by atoms with Gasteiger partial charge in [0.1, 0.15) is 11.8 Å². The highest BCUT2D eigenvalue weighted by Gasteiger charge is 2.31. The number of hydrogen-bond acceptors (Lipinski definition) is 3. The number of aromatic nitrogens is 2. The number of fused-ring (bicyclic) bond motifs is 1. The van der Waals surface area contributed by atoms with E-state index in [-0.39, 0.29) is 5.78 Å². The van der Waals surface area contributed by atoms with E-state index in [2.05, 4.69) is 23.3 Å². The van der Waals surface area contributed by atoms with Crippen LogP contribution < -0.4 is 0 Å². The topological polar surface area (TPSA) is 48.5 Å². The molecule has 0 amide bonds. The van der Waals surface area contributed by atoms with Crippen LogP contribution in [0.15, 0.2) is 24.3 Å². The van der Waals surface area contributed by atoms with Gasteiger partial charge >= 0.3 is 0 Å². The molecule has 3 aromatic rings. The molecular formula is C26H30ClN3O2. The van der Waals surface area contributed by atoms with E-state index in [1.807, 2.05) is 52.0 Å². The summed E-state index contributed by atoms with van der Waals surface area (Å²) in [4.78, 5) is 21.3. The Balaban J connectivity index is 2.46. The van der Waals surface area contributed by atoms with Crippen molar-refractivity contribution in [1.29, 1.82) is 0 Å². The van der Waals surface area contributed by atoms with Crippen LogP contribution in [0.5, 0.6) is 0 Å². The number of hydrogen-bond donors (Lipinski definition) is 0. The number of rotatable bonds is 6. The summed E-state index contributed by atoms with van der Waals surface area (Å²) in [5.41, 5.74) is 5.89. The average Bonchev–Trinajstić information content (AvgIpc) is 2.93. The second kappa shape index (κ2) is 9.05. The summed E-state index contributed by atoms with van der Waals surface area (Å²) in [6.07, 6.45) is -0.746. The maximum absolute atomic E-state index is 12.8. The standard InChI is InChI=1S/C26H30ClN3O2/c1-15-17(3)30(14-13-28-8)25-21(15)23(19-9-11-20(27)12-10-19)22(16(2)29-25)24(18(4)31)32-26(5,6)7/h9-12,24H,13-14H2,1-7H3/t24-/m1/s1. The lowest BCUT2D eigenvalue weighted by molar-refractivity contribution is -0.138. The van der Waals surface area contributed by atoms with Crippen LogP contribution >= 0.6 is 11.6 Å². The highest BCUT2D eigenvalue weighted by atomic mass is 35.5. The molecule has 168 valence electrons. The first-order chi connectivity index (χ1) is 15.0. The van der Waals surface area contributed by atoms with E-state index >= 15 is 0 Å². The van der Waals surface area contributed by atoms with Crippen LogP contribution in [0.25, 0.3) is 27.0 Å². The van der Waals surface area contributed by atoms with Crippen LogP contribution in [-0.4, -0.2) is 27.5 Å². The third kappa shape index (κ3) is 4.57. The minimum atomic E-state index is -0.746. The molecule has 0 aliphatic heterocycles. The van der Waals surface area contributed by atoms with Crippen molar-refractivity contribution < 1.29 is 9.53 Å². The fourth-order valence-corrected chi connectivity index (χ4v) is 4.28. The molecule has 0 aliphatic carbocycles. The Bertz CT molecular complexity index is 1210. The van der Waals surface area contributed by atoms with Crippen LogP contribution in [0.3, 0.4) is 0 Å². The predicted molar refractivity (Wildman–Crippen MR) is 130 cm³/mol. The summed E-state index contributed by atoms with van der Waals surface area (Å²) in [6.45, 7) is 21.6. The van der Waals surface area contributed by atoms with Gasteiger partial charge in [-0.3, -0.25) is 4.79 Å². The maximum atomic E-state index is 12.8. The maximum Gasteiger partial charge on any atom is 0.232 e. The number of Topliss-reactive ketones (excluding diaryl/α,β-unsaturated/α-hetero) is 1. The summed E-state index contributed by atoms with van der Waals surface area (Å²) in [5, 5.41) is 1.63. The first kappa shape index (κ1) is 24.0. The average molecular weight is 452 g/mol. The molecule has 0 fully saturated rings. The number of carbonyl (C=O) groups is 1. The lowest BCUT2D eigenvalue weighted by Gasteiger charge is -2.29. The summed E-state index contributed by atoms with van der Waals surface area (Å²) < 4.78 is 8.38. The molecule has 0 bridgehead atoms. The zero-order valence-corrected chi connectivity index (χ0v) is 20.6. The molecule has 32 heavy (non-hydrogen) atoms. The molecule has 3 rings (SSSR count). The van der Waals surface area contributed by atoms with Crippen molar-refractivity contribution in [2.24, 2.45) is 0 Å². The molecule has 0 aliphatic rings. The van der Waals surface area contributed by atoms with E-state index in [9.17, 15) is 4.79 Å². The molecular weight excluding hydrogens is 422 g/mol. The summed E-state index contributed by atoms with van der Waals surface area (Å²) >= 11 is 6.18. The summed E-state index contributed by atoms with van der Waals surface area (Å²) in [6, 6.07) is 7.65. The Labute approximate surface area is 195 Å². The van der Waals surface area contributed by atoms with E-state index in [1.165, 1.54) is 0 Å². The zero-order valence-electron chi connectivity index (χ0n) is 19.8. The minimum absolute atomic E-state index is 0.0683. The lowest BCUT2D eigenvalue weighted by Crippen LogP contribution is -2.27. The second-order valence-corrected chi connectivity index (χ2v) is 9.59. The Morgan fingerprint density at radius 2 is 1.84 bits per heavy atom. The normalized spacial score (nSPS) is 12.7. The number of carbonyl (C=O) groups excluding carboxylic acids is 1. The van der Waals surface area contributed by atoms with Crippen molar-refractivity contribution >= 4 is 28.4 Å². The van der Waals surface area contributed by atoms with Crippen LogP contribution in [-0.2, 0) is 16.1 Å². The van der Waals surface area contributed by atoms with E-state index < -0.39 is 11.7 Å². The number of benzene rings is 1. The molecule has 0 unspecified atom stereocenters. The SMILES string of the molecule is [C-]#[N+]CCn1c(C)c(C)c2c(-c3ccc(Cl)cc3)c([C@H](OC(C)(C)C)C(C)=O)c(C)nc21. The van der Waals surface area contributed by atoms with Gasteiger partial charge in [0.25, 0.3) is 0 Å². The Morgan fingerprint density at radius 3 is 2.38 bits per heavy atom. The fraction of sp³-hybridized carbons (Fsp3) is 0.423. The fourth-order valence-electron chi connectivity index (χ4n) is 4.15. The molecule has 6 heteroatoms. The first-order valence-electron chi connectivity index (χ1n) is 10.7. The van der Waals surface area contributed by atoms with Crippen LogP contribution in [0.4, 0.5) is 0 Å². The van der Waals surface area contributed by atoms with Gasteiger partial charge in [-0.1, -0.05) is 23.7 Å². The van der Waals surface area contributed by atoms with E-state index in [0.29, 0.717) is 18.1 Å². The molecule has 0 N–H and O–H groups in total. The van der Waals surface area contributed by atoms with Crippen molar-refractivity contribution in [3.8, 4) is 11.1 Å². The number of nitrogens with zero attached hydrogens (tertiary/aromatic N) is 3. The second-order valence-electron chi connectivity index (χ2n) is 9.16. The highest BCUT2D eigenvalue weighted by Crippen LogP contribution is 2.42. The van der Waals surface area contributed by atoms with E-state index in [0.717, 1.165) is 44.7 Å². The zero-order chi connectivity index (χ0) is 23.8. The minimum Gasteiger partial charge on any atom is -0.360 e. The molecule has 5 nitrogen and oxygen atoms in total. The predicted octanol–water partition coefficient (Wildman–Crippen LogP) is 6.65. The van der Waals surface area contributed by atoms with Gasteiger partial charge in [-0.05, 0) is 71.7 Å². The molecule has 0 spiro atoms. The number of ether oxygens (including phenoxy) is 1. The van der Waals surface area contributed by atoms with Gasteiger partial charge in [0, 0.05) is 32.9 Å². The van der Waals surface area contributed by atoms with Gasteiger partial charge in [0.15, 0.2) is 5.78 Å². The Kier molecular flexibility index (Phi) is 6.78. The van der Waals surface area contributed by atoms with Crippen molar-refractivity contribution in [2.45, 2.75) is 66.7 Å². The van der Waals surface area contributed by atoms with E-state index in [4.69, 9.17) is 27.9 Å². The smallest absolute Gasteiger partial charge is 0.232 e. The van der Waals surface area contributed by atoms with Crippen molar-refractivity contribution in [3.05, 3.63) is 63.2 Å². The van der Waals surface area contributed by atoms with Gasteiger partial charge in [-0.25, -0.2) is 11.6 Å². The van der Waals surface area contributed by atoms with Crippen LogP contribution in [0.2, 0.25) is 5.02 Å². The summed E-state index contributed by atoms with van der Waals surface area (Å²) in [7, 11) is 0.